The number of aliphatic hydroxyl groups excluding tert-OH is 2. The Bertz CT molecular complexity index is 2380. The molecule has 0 bridgehead atoms. The number of halogens is 3. The number of alkyl halides is 1. The standard InChI is InChI=1S/C29H48O3.C12H16O4S.C7H7ClO2S.C5H9BrO.C5H10O2.BrH.Li/c1-6-29(31)14-13-27(4)20(15-29)7-8-21-23-10-9-22(28(23,5)12-11-24(21)27)19(2)25(30)16-26(3)17-32-18-26;1-10-3-5-11(6-4-10)17(13,14)16-9-12(2)7-15-8-12;1-6-2-4-7(5-3-6)11(8,9)10;2*1-5(2-6)3-7-4-5;;/h7,19,21-25,30-31H,6,8-18H2,1-5H3;3-6H,7-9H2,1-2H3;2-5H,1H3;2-4H2,1H3;6H,2-4H2,1H3;1H;/q;;;;;;+1/p-1/t19-,21-,22+,23-,24-,25-,27-,28+,29-;;;;;;/m0....../s1. The molecule has 3 N–H and O–H groups in total. The normalized spacial score (nSPS) is 31.4. The fraction of sp³-hybridized carbons (Fsp3) is 0.759. The minimum atomic E-state index is -3.64. The topological polar surface area (TPSA) is 175 Å². The van der Waals surface area contributed by atoms with Gasteiger partial charge >= 0.3 is 18.9 Å². The molecule has 428 valence electrons. The zero-order valence-corrected chi connectivity index (χ0v) is 53.0. The molecule has 0 spiro atoms. The van der Waals surface area contributed by atoms with Gasteiger partial charge in [0.1, 0.15) is 0 Å². The van der Waals surface area contributed by atoms with Gasteiger partial charge in [-0.15, -0.1) is 0 Å². The molecule has 12 nitrogen and oxygen atoms in total. The van der Waals surface area contributed by atoms with Gasteiger partial charge in [-0.05, 0) is 143 Å². The molecular formula is C58H90Br2ClLiO12S2. The van der Waals surface area contributed by atoms with E-state index in [2.05, 4.69) is 63.5 Å². The SMILES string of the molecule is CC1(CBr)COC1.CC1(CO)COC1.CC[C@]1(O)CC[C@@]2(C)C(=CC[C@H]3[C@@H]4CC[C@H]([C@H](C)[C@@H](O)CC5(C)COC5)[C@@]4(C)CC[C@@H]32)C1.Cc1ccc(S(=O)(=O)Cl)cc1.Cc1ccc(S(=O)(=O)OCC2(C)COC2)cc1.[Br-].[Li+]. The maximum atomic E-state index is 11.9. The van der Waals surface area contributed by atoms with Crippen molar-refractivity contribution in [2.24, 2.45) is 62.1 Å². The van der Waals surface area contributed by atoms with Crippen LogP contribution in [0.25, 0.3) is 0 Å². The summed E-state index contributed by atoms with van der Waals surface area (Å²) in [7, 11) is -2.11. The first kappa shape index (κ1) is 68.1. The zero-order chi connectivity index (χ0) is 54.6. The van der Waals surface area contributed by atoms with Gasteiger partial charge in [0.05, 0.1) is 87.6 Å². The predicted octanol–water partition coefficient (Wildman–Crippen LogP) is 5.23. The first-order valence-electron chi connectivity index (χ1n) is 27.0. The largest absolute Gasteiger partial charge is 1.00 e. The third kappa shape index (κ3) is 16.7. The third-order valence-corrected chi connectivity index (χ3v) is 22.4. The van der Waals surface area contributed by atoms with Crippen LogP contribution < -0.4 is 35.8 Å². The van der Waals surface area contributed by atoms with Crippen LogP contribution in [0.5, 0.6) is 0 Å². The van der Waals surface area contributed by atoms with Gasteiger partial charge in [-0.25, -0.2) is 8.42 Å². The molecule has 18 heteroatoms. The summed E-state index contributed by atoms with van der Waals surface area (Å²) >= 11 is 3.40. The third-order valence-electron chi connectivity index (χ3n) is 18.4. The Balaban J connectivity index is 0.000000236. The molecule has 7 fully saturated rings. The quantitative estimate of drug-likeness (QED) is 0.0832. The molecule has 4 aliphatic heterocycles. The molecule has 8 aliphatic rings. The Morgan fingerprint density at radius 2 is 1.22 bits per heavy atom. The number of aliphatic hydroxyl groups is 3. The Labute approximate surface area is 492 Å². The fourth-order valence-electron chi connectivity index (χ4n) is 12.7. The number of hydrogen-bond acceptors (Lipinski definition) is 12. The summed E-state index contributed by atoms with van der Waals surface area (Å²) in [5.74, 6) is 3.39. The minimum Gasteiger partial charge on any atom is -1.00 e. The molecule has 0 aromatic heterocycles. The van der Waals surface area contributed by atoms with Crippen molar-refractivity contribution in [3.8, 4) is 0 Å². The molecule has 9 atom stereocenters. The second kappa shape index (κ2) is 27.3. The van der Waals surface area contributed by atoms with Crippen molar-refractivity contribution in [1.82, 2.24) is 0 Å². The van der Waals surface area contributed by atoms with Crippen LogP contribution in [0.2, 0.25) is 0 Å². The monoisotopic (exact) mass is 1240 g/mol. The molecule has 10 rings (SSSR count). The second-order valence-electron chi connectivity index (χ2n) is 25.7. The molecular weight excluding hydrogens is 1150 g/mol. The number of allylic oxidation sites excluding steroid dienone is 1. The number of ether oxygens (including phenoxy) is 4. The number of fused-ring (bicyclic) bond motifs is 5. The molecule has 4 heterocycles. The van der Waals surface area contributed by atoms with Crippen LogP contribution in [0, 0.1) is 75.9 Å². The van der Waals surface area contributed by atoms with Crippen molar-refractivity contribution in [2.45, 2.75) is 155 Å². The average molecular weight is 1250 g/mol. The van der Waals surface area contributed by atoms with Crippen LogP contribution in [0.15, 0.2) is 70.0 Å². The van der Waals surface area contributed by atoms with Crippen molar-refractivity contribution in [1.29, 1.82) is 0 Å². The van der Waals surface area contributed by atoms with E-state index in [0.717, 1.165) is 106 Å². The zero-order valence-electron chi connectivity index (χ0n) is 47.5. The first-order valence-corrected chi connectivity index (χ1v) is 31.9. The first-order chi connectivity index (χ1) is 34.5. The van der Waals surface area contributed by atoms with Crippen LogP contribution in [-0.2, 0) is 42.3 Å². The van der Waals surface area contributed by atoms with E-state index in [4.69, 9.17) is 38.9 Å². The Morgan fingerprint density at radius 3 is 1.63 bits per heavy atom. The van der Waals surface area contributed by atoms with Crippen LogP contribution in [0.1, 0.15) is 131 Å². The summed E-state index contributed by atoms with van der Waals surface area (Å²) in [6.07, 6.45) is 13.7. The Hall–Kier alpha value is -0.393. The number of rotatable bonds is 12. The minimum absolute atomic E-state index is 0. The van der Waals surface area contributed by atoms with E-state index in [1.165, 1.54) is 44.2 Å². The second-order valence-corrected chi connectivity index (χ2v) is 30.4. The van der Waals surface area contributed by atoms with Gasteiger partial charge in [-0.1, -0.05) is 118 Å². The van der Waals surface area contributed by atoms with Crippen LogP contribution >= 0.6 is 26.6 Å². The molecule has 2 aromatic rings. The van der Waals surface area contributed by atoms with E-state index in [1.807, 2.05) is 27.7 Å². The van der Waals surface area contributed by atoms with Crippen molar-refractivity contribution < 1.29 is 91.1 Å². The molecule has 0 unspecified atom stereocenters. The smallest absolute Gasteiger partial charge is 1.00 e. The molecule has 4 aliphatic carbocycles. The van der Waals surface area contributed by atoms with E-state index < -0.39 is 24.8 Å². The summed E-state index contributed by atoms with van der Waals surface area (Å²) in [5.41, 5.74) is 4.38. The van der Waals surface area contributed by atoms with Crippen molar-refractivity contribution in [3.63, 3.8) is 0 Å². The number of hydrogen-bond donors (Lipinski definition) is 3. The van der Waals surface area contributed by atoms with Crippen LogP contribution in [-0.4, -0.2) is 115 Å². The van der Waals surface area contributed by atoms with Gasteiger partial charge in [-0.3, -0.25) is 4.18 Å². The van der Waals surface area contributed by atoms with Crippen LogP contribution in [0.4, 0.5) is 0 Å². The number of benzene rings is 2. The Morgan fingerprint density at radius 1 is 0.724 bits per heavy atom. The predicted molar refractivity (Wildman–Crippen MR) is 295 cm³/mol. The van der Waals surface area contributed by atoms with Gasteiger partial charge in [-0.2, -0.15) is 8.42 Å². The maximum Gasteiger partial charge on any atom is 1.00 e. The molecule has 4 saturated heterocycles. The van der Waals surface area contributed by atoms with Gasteiger partial charge in [0.2, 0.25) is 0 Å². The van der Waals surface area contributed by atoms with E-state index in [9.17, 15) is 27.0 Å². The van der Waals surface area contributed by atoms with Gasteiger partial charge in [0.15, 0.2) is 0 Å². The van der Waals surface area contributed by atoms with Crippen LogP contribution in [0.3, 0.4) is 0 Å². The summed E-state index contributed by atoms with van der Waals surface area (Å²) in [5, 5.41) is 31.8. The number of aryl methyl sites for hydroxylation is 2. The average Bonchev–Trinajstić information content (AvgIpc) is 3.68. The molecule has 2 aromatic carbocycles. The molecule has 3 saturated carbocycles. The maximum absolute atomic E-state index is 11.9. The fourth-order valence-corrected chi connectivity index (χ4v) is 14.9. The summed E-state index contributed by atoms with van der Waals surface area (Å²) in [6.45, 7) is 28.3. The summed E-state index contributed by atoms with van der Waals surface area (Å²) in [6, 6.07) is 13.0. The van der Waals surface area contributed by atoms with Gasteiger partial charge in [0, 0.05) is 37.7 Å². The molecule has 0 radical (unpaired) electrons. The van der Waals surface area contributed by atoms with Gasteiger partial charge < -0.3 is 51.2 Å². The van der Waals surface area contributed by atoms with E-state index >= 15 is 0 Å². The Kier molecular flexibility index (Phi) is 24.5. The van der Waals surface area contributed by atoms with E-state index in [0.29, 0.717) is 41.3 Å². The summed E-state index contributed by atoms with van der Waals surface area (Å²) < 4.78 is 70.6. The van der Waals surface area contributed by atoms with Crippen molar-refractivity contribution >= 4 is 45.8 Å². The van der Waals surface area contributed by atoms with Crippen molar-refractivity contribution in [3.05, 3.63) is 71.3 Å². The molecule has 0 amide bonds. The molecule has 76 heavy (non-hydrogen) atoms. The summed E-state index contributed by atoms with van der Waals surface area (Å²) in [4.78, 5) is 0.344. The van der Waals surface area contributed by atoms with Gasteiger partial charge in [0.25, 0.3) is 19.2 Å². The van der Waals surface area contributed by atoms with E-state index in [-0.39, 0.29) is 81.2 Å². The van der Waals surface area contributed by atoms with E-state index in [1.54, 1.807) is 42.0 Å². The van der Waals surface area contributed by atoms with Crippen molar-refractivity contribution in [2.75, 3.05) is 71.4 Å².